The number of allylic oxidation sites excluding steroid dienone is 2. The summed E-state index contributed by atoms with van der Waals surface area (Å²) in [7, 11) is 0. The van der Waals surface area contributed by atoms with Crippen molar-refractivity contribution in [3.63, 3.8) is 0 Å². The van der Waals surface area contributed by atoms with Crippen LogP contribution in [0.5, 0.6) is 0 Å². The maximum Gasteiger partial charge on any atom is 0.154 e. The second-order valence-electron chi connectivity index (χ2n) is 3.09. The highest BCUT2D eigenvalue weighted by molar-refractivity contribution is 5.87. The number of rotatable bonds is 5. The van der Waals surface area contributed by atoms with Crippen LogP contribution in [0.4, 0.5) is 0 Å². The van der Waals surface area contributed by atoms with Gasteiger partial charge in [0.15, 0.2) is 5.78 Å². The molecule has 0 amide bonds. The van der Waals surface area contributed by atoms with E-state index < -0.39 is 0 Å². The average Bonchev–Trinajstić information content (AvgIpc) is 2.02. The van der Waals surface area contributed by atoms with Crippen LogP contribution in [0.15, 0.2) is 11.8 Å². The summed E-state index contributed by atoms with van der Waals surface area (Å²) in [5, 5.41) is 3.29. The quantitative estimate of drug-likeness (QED) is 0.640. The topological polar surface area (TPSA) is 29.1 Å². The molecule has 0 rings (SSSR count). The van der Waals surface area contributed by atoms with Crippen molar-refractivity contribution >= 4 is 5.78 Å². The molecule has 0 aliphatic carbocycles. The number of ketones is 1. The molecule has 0 aromatic rings. The van der Waals surface area contributed by atoms with Gasteiger partial charge in [0.1, 0.15) is 0 Å². The highest BCUT2D eigenvalue weighted by Gasteiger charge is 2.00. The van der Waals surface area contributed by atoms with E-state index in [-0.39, 0.29) is 5.78 Å². The summed E-state index contributed by atoms with van der Waals surface area (Å²) in [6.07, 6.45) is 3.64. The van der Waals surface area contributed by atoms with Crippen LogP contribution in [0.25, 0.3) is 0 Å². The molecule has 12 heavy (non-hydrogen) atoms. The first kappa shape index (κ1) is 11.2. The largest absolute Gasteiger partial charge is 0.386 e. The number of carbonyl (C=O) groups excluding carboxylic acids is 1. The van der Waals surface area contributed by atoms with Gasteiger partial charge < -0.3 is 5.32 Å². The standard InChI is InChI=1S/C10H19NO/c1-5-8(3)11-10(6-2)7-9(4)12/h7-8,11H,5-6H2,1-4H3. The van der Waals surface area contributed by atoms with Gasteiger partial charge in [-0.25, -0.2) is 0 Å². The lowest BCUT2D eigenvalue weighted by Crippen LogP contribution is -2.24. The third-order valence-electron chi connectivity index (χ3n) is 1.80. The van der Waals surface area contributed by atoms with Gasteiger partial charge >= 0.3 is 0 Å². The zero-order valence-electron chi connectivity index (χ0n) is 8.48. The van der Waals surface area contributed by atoms with E-state index in [1.807, 2.05) is 6.92 Å². The van der Waals surface area contributed by atoms with E-state index in [9.17, 15) is 4.79 Å². The van der Waals surface area contributed by atoms with Gasteiger partial charge in [0.2, 0.25) is 0 Å². The lowest BCUT2D eigenvalue weighted by molar-refractivity contribution is -0.112. The van der Waals surface area contributed by atoms with Crippen LogP contribution >= 0.6 is 0 Å². The van der Waals surface area contributed by atoms with E-state index in [4.69, 9.17) is 0 Å². The molecule has 2 nitrogen and oxygen atoms in total. The molecule has 0 radical (unpaired) electrons. The fourth-order valence-corrected chi connectivity index (χ4v) is 0.910. The minimum atomic E-state index is 0.114. The summed E-state index contributed by atoms with van der Waals surface area (Å²) in [6.45, 7) is 7.86. The second kappa shape index (κ2) is 5.81. The molecule has 0 fully saturated rings. The Morgan fingerprint density at radius 2 is 2.08 bits per heavy atom. The molecular weight excluding hydrogens is 150 g/mol. The van der Waals surface area contributed by atoms with E-state index in [0.717, 1.165) is 18.5 Å². The summed E-state index contributed by atoms with van der Waals surface area (Å²) in [6, 6.07) is 0.454. The van der Waals surface area contributed by atoms with Crippen molar-refractivity contribution in [3.8, 4) is 0 Å². The molecule has 2 heteroatoms. The van der Waals surface area contributed by atoms with Gasteiger partial charge in [-0.3, -0.25) is 4.79 Å². The van der Waals surface area contributed by atoms with Gasteiger partial charge in [0.25, 0.3) is 0 Å². The summed E-state index contributed by atoms with van der Waals surface area (Å²) in [5.74, 6) is 0.114. The number of carbonyl (C=O) groups is 1. The van der Waals surface area contributed by atoms with Gasteiger partial charge in [0, 0.05) is 11.7 Å². The molecule has 70 valence electrons. The van der Waals surface area contributed by atoms with Crippen LogP contribution in [0.2, 0.25) is 0 Å². The summed E-state index contributed by atoms with van der Waals surface area (Å²) in [5.41, 5.74) is 1.04. The van der Waals surface area contributed by atoms with Crippen molar-refractivity contribution < 1.29 is 4.79 Å². The second-order valence-corrected chi connectivity index (χ2v) is 3.09. The molecule has 0 aromatic carbocycles. The van der Waals surface area contributed by atoms with Crippen molar-refractivity contribution in [2.45, 2.75) is 46.6 Å². The molecule has 1 atom stereocenters. The lowest BCUT2D eigenvalue weighted by atomic mass is 10.2. The third-order valence-corrected chi connectivity index (χ3v) is 1.80. The van der Waals surface area contributed by atoms with Crippen LogP contribution in [0.1, 0.15) is 40.5 Å². The van der Waals surface area contributed by atoms with E-state index in [2.05, 4.69) is 19.2 Å². The highest BCUT2D eigenvalue weighted by atomic mass is 16.1. The van der Waals surface area contributed by atoms with Crippen LogP contribution in [0.3, 0.4) is 0 Å². The average molecular weight is 169 g/mol. The molecule has 0 heterocycles. The Bertz CT molecular complexity index is 173. The maximum absolute atomic E-state index is 10.8. The fraction of sp³-hybridized carbons (Fsp3) is 0.700. The van der Waals surface area contributed by atoms with Crippen molar-refractivity contribution in [1.29, 1.82) is 0 Å². The van der Waals surface area contributed by atoms with E-state index in [0.29, 0.717) is 6.04 Å². The molecular formula is C10H19NO. The first-order chi connectivity index (χ1) is 5.60. The van der Waals surface area contributed by atoms with Crippen LogP contribution in [-0.2, 0) is 4.79 Å². The van der Waals surface area contributed by atoms with Gasteiger partial charge in [-0.2, -0.15) is 0 Å². The molecule has 1 N–H and O–H groups in total. The smallest absolute Gasteiger partial charge is 0.154 e. The Kier molecular flexibility index (Phi) is 5.43. The van der Waals surface area contributed by atoms with E-state index in [1.165, 1.54) is 0 Å². The summed E-state index contributed by atoms with van der Waals surface area (Å²) < 4.78 is 0. The van der Waals surface area contributed by atoms with Crippen LogP contribution in [-0.4, -0.2) is 11.8 Å². The van der Waals surface area contributed by atoms with Gasteiger partial charge in [-0.05, 0) is 32.8 Å². The zero-order valence-corrected chi connectivity index (χ0v) is 8.48. The molecule has 0 spiro atoms. The predicted octanol–water partition coefficient (Wildman–Crippen LogP) is 2.26. The zero-order chi connectivity index (χ0) is 9.56. The highest BCUT2D eigenvalue weighted by Crippen LogP contribution is 2.00. The minimum absolute atomic E-state index is 0.114. The maximum atomic E-state index is 10.8. The van der Waals surface area contributed by atoms with Crippen molar-refractivity contribution in [1.82, 2.24) is 5.32 Å². The fourth-order valence-electron chi connectivity index (χ4n) is 0.910. The Labute approximate surface area is 75.0 Å². The van der Waals surface area contributed by atoms with E-state index >= 15 is 0 Å². The Hall–Kier alpha value is -0.790. The lowest BCUT2D eigenvalue weighted by Gasteiger charge is -2.14. The molecule has 0 bridgehead atoms. The van der Waals surface area contributed by atoms with Crippen LogP contribution < -0.4 is 5.32 Å². The Morgan fingerprint density at radius 3 is 2.42 bits per heavy atom. The summed E-state index contributed by atoms with van der Waals surface area (Å²) >= 11 is 0. The normalized spacial score (nSPS) is 14.2. The van der Waals surface area contributed by atoms with Gasteiger partial charge in [0.05, 0.1) is 0 Å². The SMILES string of the molecule is CCC(=CC(C)=O)NC(C)CC. The molecule has 0 saturated heterocycles. The molecule has 0 saturated carbocycles. The van der Waals surface area contributed by atoms with Crippen molar-refractivity contribution in [3.05, 3.63) is 11.8 Å². The molecule has 0 aliphatic heterocycles. The monoisotopic (exact) mass is 169 g/mol. The van der Waals surface area contributed by atoms with Gasteiger partial charge in [-0.15, -0.1) is 0 Å². The summed E-state index contributed by atoms with van der Waals surface area (Å²) in [4.78, 5) is 10.8. The molecule has 0 aliphatic rings. The Morgan fingerprint density at radius 1 is 1.50 bits per heavy atom. The van der Waals surface area contributed by atoms with E-state index in [1.54, 1.807) is 13.0 Å². The molecule has 0 aromatic heterocycles. The van der Waals surface area contributed by atoms with Crippen molar-refractivity contribution in [2.75, 3.05) is 0 Å². The number of hydrogen-bond acceptors (Lipinski definition) is 2. The Balaban J connectivity index is 4.08. The van der Waals surface area contributed by atoms with Crippen LogP contribution in [0, 0.1) is 0 Å². The van der Waals surface area contributed by atoms with Gasteiger partial charge in [-0.1, -0.05) is 13.8 Å². The first-order valence-electron chi connectivity index (χ1n) is 4.57. The van der Waals surface area contributed by atoms with Crippen molar-refractivity contribution in [2.24, 2.45) is 0 Å². The predicted molar refractivity (Wildman–Crippen MR) is 51.9 cm³/mol. The number of hydrogen-bond donors (Lipinski definition) is 1. The minimum Gasteiger partial charge on any atom is -0.386 e. The number of nitrogens with one attached hydrogen (secondary N) is 1. The molecule has 1 unspecified atom stereocenters. The third kappa shape index (κ3) is 4.94. The first-order valence-corrected chi connectivity index (χ1v) is 4.57.